The SMILES string of the molecule is CCCCCCCCSC(=O)C(C)Oc1ccc(COc2ccc(Cl)cc2)cc1. The molecule has 0 saturated carbocycles. The van der Waals surface area contributed by atoms with Gasteiger partial charge in [0.05, 0.1) is 0 Å². The second kappa shape index (κ2) is 13.6. The van der Waals surface area contributed by atoms with E-state index in [0.717, 1.165) is 23.5 Å². The number of hydrogen-bond acceptors (Lipinski definition) is 4. The summed E-state index contributed by atoms with van der Waals surface area (Å²) in [5, 5.41) is 0.779. The van der Waals surface area contributed by atoms with Gasteiger partial charge in [-0.05, 0) is 55.3 Å². The van der Waals surface area contributed by atoms with Gasteiger partial charge in [0.15, 0.2) is 6.10 Å². The Morgan fingerprint density at radius 1 is 0.931 bits per heavy atom. The molecule has 0 bridgehead atoms. The molecule has 2 aromatic rings. The lowest BCUT2D eigenvalue weighted by Gasteiger charge is -2.14. The number of unbranched alkanes of at least 4 members (excludes halogenated alkanes) is 5. The molecular weight excluding hydrogens is 404 g/mol. The van der Waals surface area contributed by atoms with Gasteiger partial charge in [0, 0.05) is 10.8 Å². The van der Waals surface area contributed by atoms with E-state index in [1.54, 1.807) is 12.1 Å². The van der Waals surface area contributed by atoms with E-state index in [4.69, 9.17) is 21.1 Å². The predicted octanol–water partition coefficient (Wildman–Crippen LogP) is 7.31. The molecule has 0 N–H and O–H groups in total. The van der Waals surface area contributed by atoms with Crippen molar-refractivity contribution in [2.45, 2.75) is 65.1 Å². The van der Waals surface area contributed by atoms with Gasteiger partial charge in [0.25, 0.3) is 0 Å². The number of benzene rings is 2. The minimum absolute atomic E-state index is 0.0914. The number of carbonyl (C=O) groups is 1. The average molecular weight is 435 g/mol. The fourth-order valence-electron chi connectivity index (χ4n) is 2.79. The molecule has 158 valence electrons. The van der Waals surface area contributed by atoms with E-state index in [0.29, 0.717) is 17.4 Å². The lowest BCUT2D eigenvalue weighted by molar-refractivity contribution is -0.116. The van der Waals surface area contributed by atoms with Crippen molar-refractivity contribution in [3.8, 4) is 11.5 Å². The molecular formula is C24H31ClO3S. The Morgan fingerprint density at radius 3 is 2.24 bits per heavy atom. The first kappa shape index (κ1) is 23.6. The van der Waals surface area contributed by atoms with Gasteiger partial charge in [-0.25, -0.2) is 0 Å². The van der Waals surface area contributed by atoms with Crippen molar-refractivity contribution in [3.05, 3.63) is 59.1 Å². The fourth-order valence-corrected chi connectivity index (χ4v) is 3.74. The number of ether oxygens (including phenoxy) is 2. The van der Waals surface area contributed by atoms with E-state index < -0.39 is 6.10 Å². The summed E-state index contributed by atoms with van der Waals surface area (Å²) in [6.07, 6.45) is 6.99. The molecule has 1 unspecified atom stereocenters. The van der Waals surface area contributed by atoms with Crippen molar-refractivity contribution in [2.24, 2.45) is 0 Å². The molecule has 2 rings (SSSR count). The molecule has 1 atom stereocenters. The van der Waals surface area contributed by atoms with E-state index in [-0.39, 0.29) is 5.12 Å². The van der Waals surface area contributed by atoms with E-state index in [1.165, 1.54) is 43.9 Å². The van der Waals surface area contributed by atoms with Gasteiger partial charge >= 0.3 is 0 Å². The third-order valence-corrected chi connectivity index (χ3v) is 5.89. The van der Waals surface area contributed by atoms with Gasteiger partial charge in [0.2, 0.25) is 5.12 Å². The topological polar surface area (TPSA) is 35.5 Å². The van der Waals surface area contributed by atoms with Crippen LogP contribution in [0.5, 0.6) is 11.5 Å². The van der Waals surface area contributed by atoms with Gasteiger partial charge in [0.1, 0.15) is 18.1 Å². The van der Waals surface area contributed by atoms with E-state index >= 15 is 0 Å². The molecule has 5 heteroatoms. The molecule has 2 aromatic carbocycles. The number of thioether (sulfide) groups is 1. The Bertz CT molecular complexity index is 716. The number of halogens is 1. The molecule has 0 aliphatic rings. The van der Waals surface area contributed by atoms with Crippen LogP contribution in [-0.4, -0.2) is 17.0 Å². The zero-order chi connectivity index (χ0) is 20.9. The van der Waals surface area contributed by atoms with Crippen LogP contribution in [0.1, 0.15) is 57.9 Å². The van der Waals surface area contributed by atoms with Gasteiger partial charge in [-0.2, -0.15) is 0 Å². The third kappa shape index (κ3) is 9.60. The molecule has 0 aliphatic carbocycles. The summed E-state index contributed by atoms with van der Waals surface area (Å²) < 4.78 is 11.5. The fraction of sp³-hybridized carbons (Fsp3) is 0.458. The highest BCUT2D eigenvalue weighted by Crippen LogP contribution is 2.20. The van der Waals surface area contributed by atoms with Crippen LogP contribution in [-0.2, 0) is 11.4 Å². The summed E-state index contributed by atoms with van der Waals surface area (Å²) in [5.74, 6) is 2.34. The summed E-state index contributed by atoms with van der Waals surface area (Å²) in [6, 6.07) is 14.9. The molecule has 0 radical (unpaired) electrons. The molecule has 0 heterocycles. The summed E-state index contributed by atoms with van der Waals surface area (Å²) in [5.41, 5.74) is 1.03. The Balaban J connectivity index is 1.67. The van der Waals surface area contributed by atoms with Gasteiger partial charge in [-0.3, -0.25) is 4.79 Å². The zero-order valence-corrected chi connectivity index (χ0v) is 18.9. The normalized spacial score (nSPS) is 11.8. The first-order chi connectivity index (χ1) is 14.1. The summed E-state index contributed by atoms with van der Waals surface area (Å²) in [4.78, 5) is 12.2. The van der Waals surface area contributed by atoms with Crippen molar-refractivity contribution >= 4 is 28.5 Å². The number of carbonyl (C=O) groups excluding carboxylic acids is 1. The minimum Gasteiger partial charge on any atom is -0.489 e. The van der Waals surface area contributed by atoms with Crippen LogP contribution in [0.2, 0.25) is 5.02 Å². The Kier molecular flexibility index (Phi) is 11.0. The Hall–Kier alpha value is -1.65. The standard InChI is InChI=1S/C24H31ClO3S/c1-3-4-5-6-7-8-17-29-24(26)19(2)28-23-13-9-20(10-14-23)18-27-22-15-11-21(25)12-16-22/h9-16,19H,3-8,17-18H2,1-2H3. The molecule has 0 aliphatic heterocycles. The van der Waals surface area contributed by atoms with Crippen LogP contribution in [0.15, 0.2) is 48.5 Å². The van der Waals surface area contributed by atoms with Crippen LogP contribution in [0.25, 0.3) is 0 Å². The van der Waals surface area contributed by atoms with Crippen LogP contribution >= 0.6 is 23.4 Å². The second-order valence-corrected chi connectivity index (χ2v) is 8.62. The largest absolute Gasteiger partial charge is 0.489 e. The lowest BCUT2D eigenvalue weighted by atomic mass is 10.1. The van der Waals surface area contributed by atoms with Crippen molar-refractivity contribution < 1.29 is 14.3 Å². The molecule has 29 heavy (non-hydrogen) atoms. The number of rotatable bonds is 13. The maximum atomic E-state index is 12.2. The maximum absolute atomic E-state index is 12.2. The number of hydrogen-bond donors (Lipinski definition) is 0. The lowest BCUT2D eigenvalue weighted by Crippen LogP contribution is -2.21. The first-order valence-electron chi connectivity index (χ1n) is 10.4. The van der Waals surface area contributed by atoms with Crippen molar-refractivity contribution in [1.29, 1.82) is 0 Å². The molecule has 0 amide bonds. The zero-order valence-electron chi connectivity index (χ0n) is 17.4. The van der Waals surface area contributed by atoms with E-state index in [1.807, 2.05) is 43.3 Å². The molecule has 0 spiro atoms. The maximum Gasteiger partial charge on any atom is 0.229 e. The highest BCUT2D eigenvalue weighted by atomic mass is 35.5. The van der Waals surface area contributed by atoms with Crippen molar-refractivity contribution in [1.82, 2.24) is 0 Å². The van der Waals surface area contributed by atoms with Crippen molar-refractivity contribution in [2.75, 3.05) is 5.75 Å². The smallest absolute Gasteiger partial charge is 0.229 e. The summed E-state index contributed by atoms with van der Waals surface area (Å²) in [7, 11) is 0. The van der Waals surface area contributed by atoms with E-state index in [2.05, 4.69) is 6.92 Å². The Labute approximate surface area is 184 Å². The molecule has 0 saturated heterocycles. The van der Waals surface area contributed by atoms with Crippen LogP contribution < -0.4 is 9.47 Å². The molecule has 3 nitrogen and oxygen atoms in total. The van der Waals surface area contributed by atoms with Gasteiger partial charge < -0.3 is 9.47 Å². The first-order valence-corrected chi connectivity index (χ1v) is 11.8. The summed E-state index contributed by atoms with van der Waals surface area (Å²) >= 11 is 7.26. The monoisotopic (exact) mass is 434 g/mol. The predicted molar refractivity (Wildman–Crippen MR) is 123 cm³/mol. The molecule has 0 fully saturated rings. The quantitative estimate of drug-likeness (QED) is 0.309. The van der Waals surface area contributed by atoms with Crippen LogP contribution in [0.3, 0.4) is 0 Å². The van der Waals surface area contributed by atoms with Crippen LogP contribution in [0.4, 0.5) is 0 Å². The van der Waals surface area contributed by atoms with Gasteiger partial charge in [-0.1, -0.05) is 74.5 Å². The van der Waals surface area contributed by atoms with Crippen molar-refractivity contribution in [3.63, 3.8) is 0 Å². The molecule has 0 aromatic heterocycles. The third-order valence-electron chi connectivity index (χ3n) is 4.53. The van der Waals surface area contributed by atoms with Gasteiger partial charge in [-0.15, -0.1) is 0 Å². The Morgan fingerprint density at radius 2 is 1.55 bits per heavy atom. The highest BCUT2D eigenvalue weighted by molar-refractivity contribution is 8.13. The summed E-state index contributed by atoms with van der Waals surface area (Å²) in [6.45, 7) is 4.50. The van der Waals surface area contributed by atoms with Crippen LogP contribution in [0, 0.1) is 0 Å². The second-order valence-electron chi connectivity index (χ2n) is 7.08. The average Bonchev–Trinajstić information content (AvgIpc) is 2.73. The highest BCUT2D eigenvalue weighted by Gasteiger charge is 2.15. The minimum atomic E-state index is -0.448. The van der Waals surface area contributed by atoms with E-state index in [9.17, 15) is 4.79 Å².